The van der Waals surface area contributed by atoms with E-state index in [0.29, 0.717) is 21.8 Å². The second-order valence-corrected chi connectivity index (χ2v) is 4.10. The predicted molar refractivity (Wildman–Crippen MR) is 63.9 cm³/mol. The molecule has 1 aromatic heterocycles. The van der Waals surface area contributed by atoms with Gasteiger partial charge in [-0.2, -0.15) is 10.4 Å². The molecule has 0 spiro atoms. The van der Waals surface area contributed by atoms with Gasteiger partial charge in [0.05, 0.1) is 34.6 Å². The lowest BCUT2D eigenvalue weighted by molar-refractivity contribution is 0.199. The van der Waals surface area contributed by atoms with Crippen LogP contribution in [0.25, 0.3) is 5.69 Å². The van der Waals surface area contributed by atoms with E-state index in [2.05, 4.69) is 11.2 Å². The number of hydrogen-bond donors (Lipinski definition) is 1. The van der Waals surface area contributed by atoms with Crippen molar-refractivity contribution in [2.45, 2.75) is 13.0 Å². The van der Waals surface area contributed by atoms with Crippen LogP contribution < -0.4 is 0 Å². The van der Waals surface area contributed by atoms with E-state index in [1.807, 2.05) is 0 Å². The smallest absolute Gasteiger partial charge is 0.0992 e. The third-order valence-corrected chi connectivity index (χ3v) is 2.60. The van der Waals surface area contributed by atoms with E-state index in [0.717, 1.165) is 0 Å². The van der Waals surface area contributed by atoms with Crippen molar-refractivity contribution in [1.82, 2.24) is 9.78 Å². The lowest BCUT2D eigenvalue weighted by Gasteiger charge is -2.12. The maximum Gasteiger partial charge on any atom is 0.0992 e. The number of aliphatic hydroxyl groups is 1. The van der Waals surface area contributed by atoms with Gasteiger partial charge in [0.1, 0.15) is 0 Å². The summed E-state index contributed by atoms with van der Waals surface area (Å²) in [5, 5.41) is 23.1. The predicted octanol–water partition coefficient (Wildman–Crippen LogP) is 2.45. The Kier molecular flexibility index (Phi) is 3.14. The van der Waals surface area contributed by atoms with Crippen molar-refractivity contribution in [3.8, 4) is 11.8 Å². The largest absolute Gasteiger partial charge is 0.389 e. The van der Waals surface area contributed by atoms with Gasteiger partial charge in [-0.3, -0.25) is 0 Å². The van der Waals surface area contributed by atoms with Crippen LogP contribution in [0.1, 0.15) is 24.2 Å². The van der Waals surface area contributed by atoms with Crippen molar-refractivity contribution in [2.75, 3.05) is 0 Å². The molecule has 2 rings (SSSR count). The first kappa shape index (κ1) is 11.6. The summed E-state index contributed by atoms with van der Waals surface area (Å²) in [4.78, 5) is 0. The first-order chi connectivity index (χ1) is 8.11. The SMILES string of the molecule is C[C@H](O)c1ccc(C#N)cc1-n1cc(Cl)cn1. The Bertz CT molecular complexity index is 584. The van der Waals surface area contributed by atoms with Crippen LogP contribution in [-0.2, 0) is 0 Å². The van der Waals surface area contributed by atoms with E-state index in [4.69, 9.17) is 16.9 Å². The van der Waals surface area contributed by atoms with E-state index in [1.165, 1.54) is 6.20 Å². The van der Waals surface area contributed by atoms with E-state index in [-0.39, 0.29) is 0 Å². The highest BCUT2D eigenvalue weighted by Crippen LogP contribution is 2.23. The third-order valence-electron chi connectivity index (χ3n) is 2.41. The quantitative estimate of drug-likeness (QED) is 0.887. The summed E-state index contributed by atoms with van der Waals surface area (Å²) in [6.07, 6.45) is 2.50. The molecule has 1 N–H and O–H groups in total. The number of aromatic nitrogens is 2. The van der Waals surface area contributed by atoms with Gasteiger partial charge in [-0.15, -0.1) is 0 Å². The van der Waals surface area contributed by atoms with Gasteiger partial charge in [0.2, 0.25) is 0 Å². The molecular weight excluding hydrogens is 238 g/mol. The molecule has 1 aromatic carbocycles. The summed E-state index contributed by atoms with van der Waals surface area (Å²) >= 11 is 5.81. The van der Waals surface area contributed by atoms with Crippen LogP contribution in [0.4, 0.5) is 0 Å². The Hall–Kier alpha value is -1.83. The lowest BCUT2D eigenvalue weighted by Crippen LogP contribution is -2.03. The molecule has 0 aliphatic heterocycles. The third kappa shape index (κ3) is 2.31. The first-order valence-corrected chi connectivity index (χ1v) is 5.42. The van der Waals surface area contributed by atoms with Crippen LogP contribution in [0.2, 0.25) is 5.02 Å². The molecule has 1 atom stereocenters. The van der Waals surface area contributed by atoms with Gasteiger partial charge in [0.25, 0.3) is 0 Å². The Morgan fingerprint density at radius 1 is 1.53 bits per heavy atom. The summed E-state index contributed by atoms with van der Waals surface area (Å²) in [6, 6.07) is 7.11. The maximum absolute atomic E-state index is 9.68. The Balaban J connectivity index is 2.61. The number of nitrogens with zero attached hydrogens (tertiary/aromatic N) is 3. The van der Waals surface area contributed by atoms with E-state index < -0.39 is 6.10 Å². The van der Waals surface area contributed by atoms with Gasteiger partial charge in [-0.25, -0.2) is 4.68 Å². The average molecular weight is 248 g/mol. The zero-order chi connectivity index (χ0) is 12.4. The van der Waals surface area contributed by atoms with Gasteiger partial charge in [0, 0.05) is 11.8 Å². The summed E-state index contributed by atoms with van der Waals surface area (Å²) in [7, 11) is 0. The minimum atomic E-state index is -0.638. The normalized spacial score (nSPS) is 12.1. The van der Waals surface area contributed by atoms with Crippen molar-refractivity contribution in [3.63, 3.8) is 0 Å². The maximum atomic E-state index is 9.68. The minimum absolute atomic E-state index is 0.504. The second-order valence-electron chi connectivity index (χ2n) is 3.66. The zero-order valence-electron chi connectivity index (χ0n) is 9.13. The summed E-state index contributed by atoms with van der Waals surface area (Å²) in [5.41, 5.74) is 1.87. The van der Waals surface area contributed by atoms with Crippen LogP contribution in [0.3, 0.4) is 0 Å². The highest BCUT2D eigenvalue weighted by molar-refractivity contribution is 6.30. The van der Waals surface area contributed by atoms with Gasteiger partial charge in [0.15, 0.2) is 0 Å². The van der Waals surface area contributed by atoms with E-state index in [1.54, 1.807) is 36.0 Å². The molecule has 0 aliphatic carbocycles. The molecule has 5 heteroatoms. The molecule has 86 valence electrons. The topological polar surface area (TPSA) is 61.8 Å². The average Bonchev–Trinajstić information content (AvgIpc) is 2.75. The second kappa shape index (κ2) is 4.58. The Labute approximate surface area is 104 Å². The van der Waals surface area contributed by atoms with Crippen molar-refractivity contribution in [1.29, 1.82) is 5.26 Å². The lowest BCUT2D eigenvalue weighted by atomic mass is 10.1. The van der Waals surface area contributed by atoms with Crippen molar-refractivity contribution < 1.29 is 5.11 Å². The number of hydrogen-bond acceptors (Lipinski definition) is 3. The fourth-order valence-electron chi connectivity index (χ4n) is 1.60. The highest BCUT2D eigenvalue weighted by Gasteiger charge is 2.11. The fourth-order valence-corrected chi connectivity index (χ4v) is 1.73. The molecular formula is C12H10ClN3O. The monoisotopic (exact) mass is 247 g/mol. The Morgan fingerprint density at radius 2 is 2.29 bits per heavy atom. The van der Waals surface area contributed by atoms with Gasteiger partial charge < -0.3 is 5.11 Å². The highest BCUT2D eigenvalue weighted by atomic mass is 35.5. The van der Waals surface area contributed by atoms with Crippen LogP contribution in [0, 0.1) is 11.3 Å². The molecule has 0 bridgehead atoms. The molecule has 1 heterocycles. The van der Waals surface area contributed by atoms with Crippen LogP contribution in [0.5, 0.6) is 0 Å². The number of aliphatic hydroxyl groups excluding tert-OH is 1. The molecule has 4 nitrogen and oxygen atoms in total. The number of benzene rings is 1. The number of rotatable bonds is 2. The molecule has 0 unspecified atom stereocenters. The zero-order valence-corrected chi connectivity index (χ0v) is 9.89. The van der Waals surface area contributed by atoms with Crippen LogP contribution in [0.15, 0.2) is 30.6 Å². The number of halogens is 1. The summed E-state index contributed by atoms with van der Waals surface area (Å²) in [5.74, 6) is 0. The summed E-state index contributed by atoms with van der Waals surface area (Å²) < 4.78 is 1.55. The van der Waals surface area contributed by atoms with Crippen molar-refractivity contribution >= 4 is 11.6 Å². The van der Waals surface area contributed by atoms with E-state index in [9.17, 15) is 5.11 Å². The molecule has 0 amide bonds. The van der Waals surface area contributed by atoms with Gasteiger partial charge >= 0.3 is 0 Å². The van der Waals surface area contributed by atoms with Crippen molar-refractivity contribution in [3.05, 3.63) is 46.7 Å². The van der Waals surface area contributed by atoms with Crippen LogP contribution >= 0.6 is 11.6 Å². The summed E-state index contributed by atoms with van der Waals surface area (Å²) in [6.45, 7) is 1.66. The van der Waals surface area contributed by atoms with E-state index >= 15 is 0 Å². The van der Waals surface area contributed by atoms with Gasteiger partial charge in [-0.05, 0) is 19.1 Å². The fraction of sp³-hybridized carbons (Fsp3) is 0.167. The van der Waals surface area contributed by atoms with Gasteiger partial charge in [-0.1, -0.05) is 17.7 Å². The first-order valence-electron chi connectivity index (χ1n) is 5.04. The number of nitriles is 1. The minimum Gasteiger partial charge on any atom is -0.389 e. The molecule has 0 aliphatic rings. The molecule has 17 heavy (non-hydrogen) atoms. The molecule has 0 saturated heterocycles. The standard InChI is InChI=1S/C12H10ClN3O/c1-8(17)11-3-2-9(5-14)4-12(11)16-7-10(13)6-15-16/h2-4,6-8,17H,1H3/t8-/m0/s1. The molecule has 0 saturated carbocycles. The molecule has 0 radical (unpaired) electrons. The van der Waals surface area contributed by atoms with Crippen LogP contribution in [-0.4, -0.2) is 14.9 Å². The molecule has 0 fully saturated rings. The Morgan fingerprint density at radius 3 is 2.82 bits per heavy atom. The molecule has 2 aromatic rings. The van der Waals surface area contributed by atoms with Crippen molar-refractivity contribution in [2.24, 2.45) is 0 Å².